The summed E-state index contributed by atoms with van der Waals surface area (Å²) in [5.41, 5.74) is 0.814. The number of benzene rings is 2. The molecule has 0 spiro atoms. The van der Waals surface area contributed by atoms with Gasteiger partial charge in [-0.3, -0.25) is 4.79 Å². The quantitative estimate of drug-likeness (QED) is 0.929. The second-order valence-corrected chi connectivity index (χ2v) is 5.75. The number of carbonyl (C=O) groups is 1. The number of hydrogen-bond donors (Lipinski definition) is 1. The largest absolute Gasteiger partial charge is 0.488 e. The van der Waals surface area contributed by atoms with Crippen LogP contribution >= 0.6 is 0 Å². The molecule has 3 rings (SSSR count). The van der Waals surface area contributed by atoms with Crippen molar-refractivity contribution in [3.8, 4) is 11.8 Å². The maximum Gasteiger partial charge on any atom is 0.251 e. The maximum absolute atomic E-state index is 13.3. The van der Waals surface area contributed by atoms with E-state index in [2.05, 4.69) is 5.32 Å². The van der Waals surface area contributed by atoms with Gasteiger partial charge in [-0.1, -0.05) is 12.1 Å². The molecule has 1 amide bonds. The number of rotatable bonds is 4. The lowest BCUT2D eigenvalue weighted by Gasteiger charge is -2.32. The van der Waals surface area contributed by atoms with Crippen LogP contribution < -0.4 is 10.1 Å². The van der Waals surface area contributed by atoms with Crippen LogP contribution in [0.3, 0.4) is 0 Å². The third-order valence-corrected chi connectivity index (χ3v) is 3.95. The zero-order valence-electron chi connectivity index (χ0n) is 13.4. The fourth-order valence-electron chi connectivity index (χ4n) is 2.69. The Morgan fingerprint density at radius 2 is 2.12 bits per heavy atom. The predicted molar refractivity (Wildman–Crippen MR) is 88.7 cm³/mol. The van der Waals surface area contributed by atoms with Gasteiger partial charge in [0.1, 0.15) is 17.7 Å². The van der Waals surface area contributed by atoms with Gasteiger partial charge < -0.3 is 14.8 Å². The monoisotopic (exact) mass is 340 g/mol. The van der Waals surface area contributed by atoms with Crippen LogP contribution in [0.15, 0.2) is 48.5 Å². The summed E-state index contributed by atoms with van der Waals surface area (Å²) < 4.78 is 24.6. The van der Waals surface area contributed by atoms with Crippen LogP contribution in [0.5, 0.6) is 5.75 Å². The van der Waals surface area contributed by atoms with Crippen LogP contribution in [0, 0.1) is 17.1 Å². The maximum atomic E-state index is 13.3. The Labute approximate surface area is 145 Å². The highest BCUT2D eigenvalue weighted by Gasteiger charge is 2.29. The smallest absolute Gasteiger partial charge is 0.251 e. The third kappa shape index (κ3) is 4.34. The van der Waals surface area contributed by atoms with Crippen molar-refractivity contribution >= 4 is 5.91 Å². The third-order valence-electron chi connectivity index (χ3n) is 3.95. The van der Waals surface area contributed by atoms with E-state index >= 15 is 0 Å². The lowest BCUT2D eigenvalue weighted by atomic mass is 10.0. The summed E-state index contributed by atoms with van der Waals surface area (Å²) in [6.45, 7) is 0.819. The van der Waals surface area contributed by atoms with E-state index in [0.29, 0.717) is 36.5 Å². The van der Waals surface area contributed by atoms with Crippen molar-refractivity contribution < 1.29 is 18.7 Å². The highest BCUT2D eigenvalue weighted by Crippen LogP contribution is 2.19. The second-order valence-electron chi connectivity index (χ2n) is 5.75. The fraction of sp³-hybridized carbons (Fsp3) is 0.263. The Hall–Kier alpha value is -2.91. The second kappa shape index (κ2) is 7.77. The van der Waals surface area contributed by atoms with Crippen molar-refractivity contribution in [3.05, 3.63) is 65.5 Å². The van der Waals surface area contributed by atoms with E-state index in [4.69, 9.17) is 14.7 Å². The Balaban J connectivity index is 1.70. The van der Waals surface area contributed by atoms with E-state index in [-0.39, 0.29) is 23.9 Å². The molecule has 1 saturated heterocycles. The summed E-state index contributed by atoms with van der Waals surface area (Å²) >= 11 is 0. The van der Waals surface area contributed by atoms with E-state index in [1.165, 1.54) is 18.2 Å². The van der Waals surface area contributed by atoms with E-state index in [1.807, 2.05) is 6.07 Å². The normalized spacial score (nSPS) is 19.7. The first-order valence-corrected chi connectivity index (χ1v) is 7.97. The molecule has 0 unspecified atom stereocenters. The number of halogens is 1. The number of ether oxygens (including phenoxy) is 2. The Morgan fingerprint density at radius 1 is 1.28 bits per heavy atom. The van der Waals surface area contributed by atoms with Crippen molar-refractivity contribution in [3.63, 3.8) is 0 Å². The zero-order chi connectivity index (χ0) is 17.6. The van der Waals surface area contributed by atoms with Crippen molar-refractivity contribution in [1.82, 2.24) is 5.32 Å². The summed E-state index contributed by atoms with van der Waals surface area (Å²) in [6, 6.07) is 14.0. The van der Waals surface area contributed by atoms with Gasteiger partial charge in [0.05, 0.1) is 30.9 Å². The van der Waals surface area contributed by atoms with E-state index in [1.54, 1.807) is 30.3 Å². The van der Waals surface area contributed by atoms with Gasteiger partial charge in [-0.2, -0.15) is 5.26 Å². The van der Waals surface area contributed by atoms with Gasteiger partial charge in [0.2, 0.25) is 0 Å². The van der Waals surface area contributed by atoms with Gasteiger partial charge in [-0.25, -0.2) is 4.39 Å². The minimum atomic E-state index is -0.376. The number of nitriles is 1. The molecule has 0 saturated carbocycles. The molecule has 25 heavy (non-hydrogen) atoms. The summed E-state index contributed by atoms with van der Waals surface area (Å²) in [5.74, 6) is -0.267. The summed E-state index contributed by atoms with van der Waals surface area (Å²) in [5, 5.41) is 11.8. The molecule has 0 aliphatic carbocycles. The van der Waals surface area contributed by atoms with Gasteiger partial charge in [0.15, 0.2) is 0 Å². The highest BCUT2D eigenvalue weighted by molar-refractivity contribution is 5.94. The average molecular weight is 340 g/mol. The Kier molecular flexibility index (Phi) is 5.26. The fourth-order valence-corrected chi connectivity index (χ4v) is 2.69. The van der Waals surface area contributed by atoms with Gasteiger partial charge >= 0.3 is 0 Å². The molecule has 2 atom stereocenters. The molecule has 0 aromatic heterocycles. The number of amides is 1. The van der Waals surface area contributed by atoms with Crippen molar-refractivity contribution in [1.29, 1.82) is 5.26 Å². The van der Waals surface area contributed by atoms with Gasteiger partial charge in [-0.15, -0.1) is 0 Å². The number of nitrogens with zero attached hydrogens (tertiary/aromatic N) is 1. The summed E-state index contributed by atoms with van der Waals surface area (Å²) in [6.07, 6.45) is 0.262. The highest BCUT2D eigenvalue weighted by atomic mass is 19.1. The first-order chi connectivity index (χ1) is 12.2. The van der Waals surface area contributed by atoms with E-state index in [9.17, 15) is 9.18 Å². The first-order valence-electron chi connectivity index (χ1n) is 7.97. The molecule has 1 fully saturated rings. The van der Waals surface area contributed by atoms with E-state index in [0.717, 1.165) is 0 Å². The molecular formula is C19H17FN2O3. The lowest BCUT2D eigenvalue weighted by Crippen LogP contribution is -2.51. The zero-order valence-corrected chi connectivity index (χ0v) is 13.4. The minimum absolute atomic E-state index is 0.305. The van der Waals surface area contributed by atoms with E-state index < -0.39 is 0 Å². The summed E-state index contributed by atoms with van der Waals surface area (Å²) in [7, 11) is 0. The summed E-state index contributed by atoms with van der Waals surface area (Å²) in [4.78, 5) is 12.4. The molecule has 5 nitrogen and oxygen atoms in total. The SMILES string of the molecule is N#Cc1cccc(C(=O)N[C@@H]2COCC[C@@H]2Oc2cccc(F)c2)c1. The molecule has 1 aliphatic rings. The molecule has 2 aromatic carbocycles. The predicted octanol–water partition coefficient (Wildman–Crippen LogP) is 2.66. The molecule has 1 aliphatic heterocycles. The van der Waals surface area contributed by atoms with Gasteiger partial charge in [-0.05, 0) is 30.3 Å². The van der Waals surface area contributed by atoms with Crippen molar-refractivity contribution in [2.24, 2.45) is 0 Å². The number of carbonyl (C=O) groups excluding carboxylic acids is 1. The van der Waals surface area contributed by atoms with Gasteiger partial charge in [0, 0.05) is 18.1 Å². The van der Waals surface area contributed by atoms with Gasteiger partial charge in [0.25, 0.3) is 5.91 Å². The standard InChI is InChI=1S/C19H17FN2O3/c20-15-5-2-6-16(10-15)25-18-7-8-24-12-17(18)22-19(23)14-4-1-3-13(9-14)11-21/h1-6,9-10,17-18H,7-8,12H2,(H,22,23)/t17-,18+/m1/s1. The minimum Gasteiger partial charge on any atom is -0.488 e. The first kappa shape index (κ1) is 16.9. The van der Waals surface area contributed by atoms with Crippen molar-refractivity contribution in [2.75, 3.05) is 13.2 Å². The van der Waals surface area contributed by atoms with Crippen LogP contribution in [-0.4, -0.2) is 31.3 Å². The average Bonchev–Trinajstić information content (AvgIpc) is 2.63. The number of hydrogen-bond acceptors (Lipinski definition) is 4. The van der Waals surface area contributed by atoms with Crippen LogP contribution in [0.1, 0.15) is 22.3 Å². The van der Waals surface area contributed by atoms with Crippen LogP contribution in [0.4, 0.5) is 4.39 Å². The molecule has 2 aromatic rings. The van der Waals surface area contributed by atoms with Crippen LogP contribution in [0.25, 0.3) is 0 Å². The van der Waals surface area contributed by atoms with Crippen LogP contribution in [0.2, 0.25) is 0 Å². The molecule has 6 heteroatoms. The molecule has 1 N–H and O–H groups in total. The molecule has 1 heterocycles. The number of nitrogens with one attached hydrogen (secondary N) is 1. The Bertz CT molecular complexity index is 803. The van der Waals surface area contributed by atoms with Crippen molar-refractivity contribution in [2.45, 2.75) is 18.6 Å². The molecular weight excluding hydrogens is 323 g/mol. The molecule has 0 radical (unpaired) electrons. The molecule has 0 bridgehead atoms. The lowest BCUT2D eigenvalue weighted by molar-refractivity contribution is -0.00297. The van der Waals surface area contributed by atoms with Crippen LogP contribution in [-0.2, 0) is 4.74 Å². The Morgan fingerprint density at radius 3 is 2.92 bits per heavy atom. The topological polar surface area (TPSA) is 71.4 Å². The molecule has 128 valence electrons.